The first kappa shape index (κ1) is 20.4. The van der Waals surface area contributed by atoms with Crippen molar-refractivity contribution in [3.05, 3.63) is 40.6 Å². The Morgan fingerprint density at radius 2 is 2.04 bits per heavy atom. The highest BCUT2D eigenvalue weighted by molar-refractivity contribution is 6.45. The van der Waals surface area contributed by atoms with Crippen LogP contribution in [0.3, 0.4) is 0 Å². The van der Waals surface area contributed by atoms with E-state index < -0.39 is 5.60 Å². The third-order valence-electron chi connectivity index (χ3n) is 4.13. The quantitative estimate of drug-likeness (QED) is 0.581. The maximum atomic E-state index is 12.0. The van der Waals surface area contributed by atoms with Gasteiger partial charge in [-0.3, -0.25) is 9.89 Å². The van der Waals surface area contributed by atoms with Crippen LogP contribution < -0.4 is 4.90 Å². The van der Waals surface area contributed by atoms with E-state index in [2.05, 4.69) is 15.2 Å². The van der Waals surface area contributed by atoms with Crippen molar-refractivity contribution in [1.29, 1.82) is 0 Å². The summed E-state index contributed by atoms with van der Waals surface area (Å²) in [5, 5.41) is 8.57. The van der Waals surface area contributed by atoms with Crippen LogP contribution in [0.4, 0.5) is 5.82 Å². The predicted molar refractivity (Wildman–Crippen MR) is 113 cm³/mol. The van der Waals surface area contributed by atoms with Gasteiger partial charge in [-0.15, -0.1) is 0 Å². The lowest BCUT2D eigenvalue weighted by Gasteiger charge is -2.22. The van der Waals surface area contributed by atoms with E-state index in [1.54, 1.807) is 12.3 Å². The molecule has 0 aliphatic carbocycles. The van der Waals surface area contributed by atoms with Crippen LogP contribution in [-0.2, 0) is 9.53 Å². The Labute approximate surface area is 173 Å². The van der Waals surface area contributed by atoms with Gasteiger partial charge in [-0.2, -0.15) is 5.10 Å². The number of aromatic nitrogens is 3. The molecule has 6 nitrogen and oxygen atoms in total. The number of rotatable bonds is 5. The highest BCUT2D eigenvalue weighted by Crippen LogP contribution is 2.37. The number of fused-ring (bicyclic) bond motifs is 1. The third-order valence-corrected chi connectivity index (χ3v) is 4.92. The number of aromatic amines is 1. The molecule has 0 radical (unpaired) electrons. The van der Waals surface area contributed by atoms with Gasteiger partial charge < -0.3 is 9.64 Å². The molecule has 148 valence electrons. The maximum Gasteiger partial charge on any atom is 0.308 e. The molecule has 0 amide bonds. The van der Waals surface area contributed by atoms with Gasteiger partial charge in [-0.25, -0.2) is 4.98 Å². The van der Waals surface area contributed by atoms with E-state index >= 15 is 0 Å². The van der Waals surface area contributed by atoms with Crippen molar-refractivity contribution in [2.45, 2.75) is 32.8 Å². The normalized spacial score (nSPS) is 11.6. The molecule has 0 aliphatic heterocycles. The van der Waals surface area contributed by atoms with Gasteiger partial charge in [-0.1, -0.05) is 29.3 Å². The molecule has 0 saturated carbocycles. The molecule has 0 aliphatic rings. The number of ether oxygens (including phenoxy) is 1. The van der Waals surface area contributed by atoms with Gasteiger partial charge in [0.25, 0.3) is 0 Å². The van der Waals surface area contributed by atoms with Crippen molar-refractivity contribution in [2.75, 3.05) is 18.5 Å². The van der Waals surface area contributed by atoms with Crippen molar-refractivity contribution < 1.29 is 9.53 Å². The first-order valence-corrected chi connectivity index (χ1v) is 9.62. The van der Waals surface area contributed by atoms with Crippen LogP contribution in [0.25, 0.3) is 22.0 Å². The number of anilines is 1. The number of benzene rings is 1. The number of hydrogen-bond donors (Lipinski definition) is 1. The molecule has 0 unspecified atom stereocenters. The lowest BCUT2D eigenvalue weighted by Crippen LogP contribution is -2.28. The van der Waals surface area contributed by atoms with Crippen LogP contribution in [0.5, 0.6) is 0 Å². The minimum atomic E-state index is -0.504. The standard InChI is InChI=1S/C20H22Cl2N4O2/c1-20(2,3)28-17(27)7-8-26(4)16-9-14(12-10-23-24-11-12)13-5-6-15(21)18(22)19(13)25-16/h5-6,9-11H,7-8H2,1-4H3,(H,23,24). The highest BCUT2D eigenvalue weighted by Gasteiger charge is 2.18. The second-order valence-corrected chi connectivity index (χ2v) is 8.32. The van der Waals surface area contributed by atoms with Crippen molar-refractivity contribution in [3.8, 4) is 11.1 Å². The van der Waals surface area contributed by atoms with E-state index in [1.807, 2.05) is 51.0 Å². The smallest absolute Gasteiger partial charge is 0.308 e. The Hall–Kier alpha value is -2.31. The molecule has 0 atom stereocenters. The first-order chi connectivity index (χ1) is 13.2. The Kier molecular flexibility index (Phi) is 5.82. The Balaban J connectivity index is 1.95. The van der Waals surface area contributed by atoms with E-state index in [9.17, 15) is 4.79 Å². The molecule has 1 aromatic carbocycles. The highest BCUT2D eigenvalue weighted by atomic mass is 35.5. The second kappa shape index (κ2) is 7.97. The van der Waals surface area contributed by atoms with Crippen molar-refractivity contribution in [2.24, 2.45) is 0 Å². The van der Waals surface area contributed by atoms with E-state index in [1.165, 1.54) is 0 Å². The predicted octanol–water partition coefficient (Wildman–Crippen LogP) is 5.10. The second-order valence-electron chi connectivity index (χ2n) is 7.53. The fourth-order valence-electron chi connectivity index (χ4n) is 2.82. The van der Waals surface area contributed by atoms with Gasteiger partial charge in [0.2, 0.25) is 0 Å². The monoisotopic (exact) mass is 420 g/mol. The van der Waals surface area contributed by atoms with Gasteiger partial charge in [0.15, 0.2) is 0 Å². The average molecular weight is 421 g/mol. The number of carbonyl (C=O) groups excluding carboxylic acids is 1. The molecule has 8 heteroatoms. The number of esters is 1. The topological polar surface area (TPSA) is 71.1 Å². The SMILES string of the molecule is CN(CCC(=O)OC(C)(C)C)c1cc(-c2cn[nH]c2)c2ccc(Cl)c(Cl)c2n1. The zero-order chi connectivity index (χ0) is 20.5. The Morgan fingerprint density at radius 3 is 2.68 bits per heavy atom. The minimum absolute atomic E-state index is 0.248. The number of pyridine rings is 1. The zero-order valence-corrected chi connectivity index (χ0v) is 17.7. The molecule has 2 heterocycles. The molecule has 0 fully saturated rings. The van der Waals surface area contributed by atoms with Gasteiger partial charge in [0.1, 0.15) is 11.4 Å². The van der Waals surface area contributed by atoms with E-state index in [0.717, 1.165) is 16.5 Å². The fraction of sp³-hybridized carbons (Fsp3) is 0.350. The number of H-pyrrole nitrogens is 1. The van der Waals surface area contributed by atoms with Gasteiger partial charge in [0.05, 0.1) is 28.2 Å². The summed E-state index contributed by atoms with van der Waals surface area (Å²) in [6, 6.07) is 5.60. The summed E-state index contributed by atoms with van der Waals surface area (Å²) >= 11 is 12.6. The summed E-state index contributed by atoms with van der Waals surface area (Å²) < 4.78 is 5.37. The van der Waals surface area contributed by atoms with Crippen LogP contribution in [0, 0.1) is 0 Å². The molecular formula is C20H22Cl2N4O2. The third kappa shape index (κ3) is 4.56. The van der Waals surface area contributed by atoms with Crippen LogP contribution in [0.2, 0.25) is 10.0 Å². The summed E-state index contributed by atoms with van der Waals surface area (Å²) in [4.78, 5) is 18.6. The van der Waals surface area contributed by atoms with Crippen molar-refractivity contribution in [3.63, 3.8) is 0 Å². The average Bonchev–Trinajstić information content (AvgIpc) is 3.15. The maximum absolute atomic E-state index is 12.0. The van der Waals surface area contributed by atoms with E-state index in [-0.39, 0.29) is 12.4 Å². The lowest BCUT2D eigenvalue weighted by molar-refractivity contribution is -0.154. The summed E-state index contributed by atoms with van der Waals surface area (Å²) in [5.41, 5.74) is 1.94. The van der Waals surface area contributed by atoms with E-state index in [0.29, 0.717) is 27.9 Å². The number of hydrogen-bond acceptors (Lipinski definition) is 5. The molecule has 0 bridgehead atoms. The number of halogens is 2. The van der Waals surface area contributed by atoms with Crippen LogP contribution >= 0.6 is 23.2 Å². The van der Waals surface area contributed by atoms with Gasteiger partial charge >= 0.3 is 5.97 Å². The summed E-state index contributed by atoms with van der Waals surface area (Å²) in [6.45, 7) is 6.00. The molecule has 1 N–H and O–H groups in total. The minimum Gasteiger partial charge on any atom is -0.460 e. The lowest BCUT2D eigenvalue weighted by atomic mass is 10.0. The van der Waals surface area contributed by atoms with Gasteiger partial charge in [0, 0.05) is 30.7 Å². The molecule has 3 rings (SSSR count). The molecule has 3 aromatic rings. The van der Waals surface area contributed by atoms with E-state index in [4.69, 9.17) is 27.9 Å². The summed E-state index contributed by atoms with van der Waals surface area (Å²) in [7, 11) is 1.87. The summed E-state index contributed by atoms with van der Waals surface area (Å²) in [6.07, 6.45) is 3.79. The number of nitrogens with one attached hydrogen (secondary N) is 1. The van der Waals surface area contributed by atoms with Gasteiger partial charge in [-0.05, 0) is 38.5 Å². The molecular weight excluding hydrogens is 399 g/mol. The summed E-state index contributed by atoms with van der Waals surface area (Å²) in [5.74, 6) is 0.424. The van der Waals surface area contributed by atoms with Crippen molar-refractivity contribution >= 4 is 45.9 Å². The van der Waals surface area contributed by atoms with Crippen LogP contribution in [0.1, 0.15) is 27.2 Å². The largest absolute Gasteiger partial charge is 0.460 e. The van der Waals surface area contributed by atoms with Crippen LogP contribution in [-0.4, -0.2) is 40.3 Å². The molecule has 28 heavy (non-hydrogen) atoms. The Bertz CT molecular complexity index is 998. The first-order valence-electron chi connectivity index (χ1n) is 8.86. The number of nitrogens with zero attached hydrogens (tertiary/aromatic N) is 3. The number of carbonyl (C=O) groups is 1. The molecule has 2 aromatic heterocycles. The Morgan fingerprint density at radius 1 is 1.29 bits per heavy atom. The fourth-order valence-corrected chi connectivity index (χ4v) is 3.18. The molecule has 0 spiro atoms. The zero-order valence-electron chi connectivity index (χ0n) is 16.2. The van der Waals surface area contributed by atoms with Crippen LogP contribution in [0.15, 0.2) is 30.6 Å². The molecule has 0 saturated heterocycles. The van der Waals surface area contributed by atoms with Crippen molar-refractivity contribution in [1.82, 2.24) is 15.2 Å².